The molecule has 19 heavy (non-hydrogen) atoms. The predicted octanol–water partition coefficient (Wildman–Crippen LogP) is 1.21. The molecule has 5 nitrogen and oxygen atoms in total. The Balaban J connectivity index is 1.99. The lowest BCUT2D eigenvalue weighted by Crippen LogP contribution is -2.48. The molecule has 1 saturated heterocycles. The van der Waals surface area contributed by atoms with Gasteiger partial charge in [0.2, 0.25) is 5.91 Å². The highest BCUT2D eigenvalue weighted by Gasteiger charge is 2.20. The Labute approximate surface area is 111 Å². The smallest absolute Gasteiger partial charge is 0.242 e. The molecule has 1 aliphatic rings. The van der Waals surface area contributed by atoms with Crippen molar-refractivity contribution in [2.24, 2.45) is 0 Å². The van der Waals surface area contributed by atoms with E-state index in [1.807, 2.05) is 37.5 Å². The molecule has 2 N–H and O–H groups in total. The highest BCUT2D eigenvalue weighted by molar-refractivity contribution is 5.97. The second-order valence-corrected chi connectivity index (χ2v) is 4.58. The number of hydrogen-bond acceptors (Lipinski definition) is 4. The van der Waals surface area contributed by atoms with Gasteiger partial charge >= 0.3 is 0 Å². The maximum atomic E-state index is 11.8. The van der Waals surface area contributed by atoms with Crippen LogP contribution in [0.3, 0.4) is 0 Å². The van der Waals surface area contributed by atoms with Crippen molar-refractivity contribution in [2.45, 2.75) is 0 Å². The minimum Gasteiger partial charge on any atom is -0.388 e. The molecular formula is C14H16N4O. The van der Waals surface area contributed by atoms with Gasteiger partial charge in [-0.15, -0.1) is 0 Å². The monoisotopic (exact) mass is 256 g/mol. The van der Waals surface area contributed by atoms with Crippen LogP contribution in [0.25, 0.3) is 10.8 Å². The molecular weight excluding hydrogens is 240 g/mol. The molecule has 1 aliphatic heterocycles. The van der Waals surface area contributed by atoms with Crippen molar-refractivity contribution in [1.29, 1.82) is 0 Å². The van der Waals surface area contributed by atoms with Gasteiger partial charge in [-0.1, -0.05) is 6.07 Å². The normalized spacial score (nSPS) is 15.8. The molecule has 0 radical (unpaired) electrons. The molecule has 0 unspecified atom stereocenters. The molecule has 0 atom stereocenters. The number of hydrogen-bond donors (Lipinski definition) is 2. The number of nitrogens with zero attached hydrogens (tertiary/aromatic N) is 2. The van der Waals surface area contributed by atoms with Crippen LogP contribution < -0.4 is 15.5 Å². The second-order valence-electron chi connectivity index (χ2n) is 4.58. The first-order chi connectivity index (χ1) is 9.28. The van der Waals surface area contributed by atoms with Gasteiger partial charge in [-0.2, -0.15) is 0 Å². The number of aromatic nitrogens is 1. The van der Waals surface area contributed by atoms with E-state index in [2.05, 4.69) is 15.6 Å². The number of rotatable bonds is 2. The average Bonchev–Trinajstić information content (AvgIpc) is 2.46. The van der Waals surface area contributed by atoms with Gasteiger partial charge < -0.3 is 10.6 Å². The van der Waals surface area contributed by atoms with Gasteiger partial charge in [0.1, 0.15) is 5.82 Å². The summed E-state index contributed by atoms with van der Waals surface area (Å²) in [5, 5.41) is 8.32. The Morgan fingerprint density at radius 2 is 2.21 bits per heavy atom. The van der Waals surface area contributed by atoms with Crippen molar-refractivity contribution in [3.05, 3.63) is 30.5 Å². The molecule has 5 heteroatoms. The quantitative estimate of drug-likeness (QED) is 0.848. The fourth-order valence-corrected chi connectivity index (χ4v) is 2.28. The Hall–Kier alpha value is -2.14. The van der Waals surface area contributed by atoms with E-state index in [9.17, 15) is 4.79 Å². The third kappa shape index (κ3) is 2.24. The zero-order valence-corrected chi connectivity index (χ0v) is 10.8. The van der Waals surface area contributed by atoms with Gasteiger partial charge in [-0.3, -0.25) is 9.69 Å². The third-order valence-corrected chi connectivity index (χ3v) is 3.36. The van der Waals surface area contributed by atoms with Crippen molar-refractivity contribution in [3.8, 4) is 0 Å². The molecule has 98 valence electrons. The van der Waals surface area contributed by atoms with E-state index in [1.54, 1.807) is 4.90 Å². The lowest BCUT2D eigenvalue weighted by molar-refractivity contribution is -0.118. The molecule has 2 heterocycles. The van der Waals surface area contributed by atoms with Crippen LogP contribution >= 0.6 is 0 Å². The number of piperazine rings is 1. The number of benzene rings is 1. The molecule has 1 aromatic carbocycles. The van der Waals surface area contributed by atoms with Crippen LogP contribution in [0.15, 0.2) is 30.5 Å². The first-order valence-corrected chi connectivity index (χ1v) is 6.36. The second kappa shape index (κ2) is 4.85. The fraction of sp³-hybridized carbons (Fsp3) is 0.286. The maximum absolute atomic E-state index is 11.8. The molecule has 1 amide bonds. The highest BCUT2D eigenvalue weighted by Crippen LogP contribution is 2.22. The molecule has 1 fully saturated rings. The summed E-state index contributed by atoms with van der Waals surface area (Å²) in [6.07, 6.45) is 1.82. The highest BCUT2D eigenvalue weighted by atomic mass is 16.2. The average molecular weight is 256 g/mol. The fourth-order valence-electron chi connectivity index (χ4n) is 2.28. The van der Waals surface area contributed by atoms with Crippen molar-refractivity contribution in [3.63, 3.8) is 0 Å². The zero-order chi connectivity index (χ0) is 13.2. The lowest BCUT2D eigenvalue weighted by atomic mass is 10.1. The summed E-state index contributed by atoms with van der Waals surface area (Å²) in [5.74, 6) is 0.807. The van der Waals surface area contributed by atoms with Crippen molar-refractivity contribution < 1.29 is 4.79 Å². The summed E-state index contributed by atoms with van der Waals surface area (Å²) < 4.78 is 0. The van der Waals surface area contributed by atoms with Crippen LogP contribution in [0.4, 0.5) is 11.5 Å². The first-order valence-electron chi connectivity index (χ1n) is 6.36. The van der Waals surface area contributed by atoms with E-state index >= 15 is 0 Å². The Kier molecular flexibility index (Phi) is 3.05. The molecule has 3 rings (SSSR count). The van der Waals surface area contributed by atoms with Gasteiger partial charge in [0.05, 0.1) is 6.54 Å². The zero-order valence-electron chi connectivity index (χ0n) is 10.8. The number of amides is 1. The maximum Gasteiger partial charge on any atom is 0.242 e. The first kappa shape index (κ1) is 11.9. The van der Waals surface area contributed by atoms with Crippen LogP contribution in [0.1, 0.15) is 0 Å². The van der Waals surface area contributed by atoms with Crippen molar-refractivity contribution in [1.82, 2.24) is 10.3 Å². The number of pyridine rings is 1. The summed E-state index contributed by atoms with van der Waals surface area (Å²) in [4.78, 5) is 18.0. The van der Waals surface area contributed by atoms with E-state index in [0.29, 0.717) is 13.1 Å². The SMILES string of the molecule is CNc1ccc2cc(N3CCNCC3=O)ncc2c1. The van der Waals surface area contributed by atoms with E-state index < -0.39 is 0 Å². The van der Waals surface area contributed by atoms with Crippen molar-refractivity contribution >= 4 is 28.2 Å². The minimum absolute atomic E-state index is 0.0740. The number of carbonyl (C=O) groups excluding carboxylic acids is 1. The molecule has 0 bridgehead atoms. The topological polar surface area (TPSA) is 57.3 Å². The van der Waals surface area contributed by atoms with Gasteiger partial charge in [0, 0.05) is 37.4 Å². The van der Waals surface area contributed by atoms with Crippen LogP contribution in [-0.4, -0.2) is 37.6 Å². The molecule has 0 aliphatic carbocycles. The Morgan fingerprint density at radius 3 is 3.00 bits per heavy atom. The molecule has 0 saturated carbocycles. The number of anilines is 2. The van der Waals surface area contributed by atoms with E-state index in [-0.39, 0.29) is 5.91 Å². The molecule has 2 aromatic rings. The number of carbonyl (C=O) groups is 1. The van der Waals surface area contributed by atoms with Gasteiger partial charge in [0.25, 0.3) is 0 Å². The molecule has 0 spiro atoms. The number of fused-ring (bicyclic) bond motifs is 1. The van der Waals surface area contributed by atoms with E-state index in [1.165, 1.54) is 0 Å². The van der Waals surface area contributed by atoms with Gasteiger partial charge in [-0.05, 0) is 23.6 Å². The summed E-state index contributed by atoms with van der Waals surface area (Å²) in [5.41, 5.74) is 1.06. The van der Waals surface area contributed by atoms with E-state index in [0.717, 1.165) is 28.8 Å². The Morgan fingerprint density at radius 1 is 1.32 bits per heavy atom. The van der Waals surface area contributed by atoms with Crippen LogP contribution in [-0.2, 0) is 4.79 Å². The minimum atomic E-state index is 0.0740. The molecule has 1 aromatic heterocycles. The Bertz CT molecular complexity index is 626. The predicted molar refractivity (Wildman–Crippen MR) is 76.5 cm³/mol. The summed E-state index contributed by atoms with van der Waals surface area (Å²) in [6.45, 7) is 1.87. The van der Waals surface area contributed by atoms with Crippen molar-refractivity contribution in [2.75, 3.05) is 36.9 Å². The summed E-state index contributed by atoms with van der Waals surface area (Å²) in [7, 11) is 1.89. The third-order valence-electron chi connectivity index (χ3n) is 3.36. The van der Waals surface area contributed by atoms with Crippen LogP contribution in [0, 0.1) is 0 Å². The van der Waals surface area contributed by atoms with Crippen LogP contribution in [0.2, 0.25) is 0 Å². The summed E-state index contributed by atoms with van der Waals surface area (Å²) in [6, 6.07) is 8.08. The van der Waals surface area contributed by atoms with Gasteiger partial charge in [-0.25, -0.2) is 4.98 Å². The number of nitrogens with one attached hydrogen (secondary N) is 2. The largest absolute Gasteiger partial charge is 0.388 e. The van der Waals surface area contributed by atoms with E-state index in [4.69, 9.17) is 0 Å². The standard InChI is InChI=1S/C14H16N4O/c1-15-12-3-2-10-7-13(17-8-11(10)6-12)18-5-4-16-9-14(18)19/h2-3,6-8,15-16H,4-5,9H2,1H3. The van der Waals surface area contributed by atoms with Gasteiger partial charge in [0.15, 0.2) is 0 Å². The van der Waals surface area contributed by atoms with Crippen LogP contribution in [0.5, 0.6) is 0 Å². The lowest BCUT2D eigenvalue weighted by Gasteiger charge is -2.26. The summed E-state index contributed by atoms with van der Waals surface area (Å²) >= 11 is 0.